The monoisotopic (exact) mass is 364 g/mol. The topological polar surface area (TPSA) is 116 Å². The molecular formula is C16H20N4O4S. The molecule has 0 bridgehead atoms. The number of anilines is 1. The number of nitrogens with one attached hydrogen (secondary N) is 1. The average molecular weight is 364 g/mol. The van der Waals surface area contributed by atoms with Crippen molar-refractivity contribution in [1.29, 1.82) is 0 Å². The molecule has 3 N–H and O–H groups in total. The number of ether oxygens (including phenoxy) is 1. The zero-order valence-electron chi connectivity index (χ0n) is 14.5. The van der Waals surface area contributed by atoms with E-state index in [4.69, 9.17) is 10.5 Å². The standard InChI is InChI=1S/C16H20N4O4S/c1-5-24-16(23)11-9(3)12(13(17)21)25-15(11)19-14(22)10(4)20-8(2)6-7-18-20/h6-7,10H,5H2,1-4H3,(H2,17,21)(H,19,22). The first-order chi connectivity index (χ1) is 11.8. The Labute approximate surface area is 149 Å². The van der Waals surface area contributed by atoms with Gasteiger partial charge in [-0.05, 0) is 39.3 Å². The highest BCUT2D eigenvalue weighted by Gasteiger charge is 2.27. The number of carbonyl (C=O) groups excluding carboxylic acids is 3. The molecule has 0 saturated heterocycles. The van der Waals surface area contributed by atoms with Crippen molar-refractivity contribution in [2.24, 2.45) is 5.73 Å². The van der Waals surface area contributed by atoms with Crippen molar-refractivity contribution >= 4 is 34.1 Å². The third-order valence-corrected chi connectivity index (χ3v) is 4.92. The van der Waals surface area contributed by atoms with Gasteiger partial charge in [-0.15, -0.1) is 11.3 Å². The lowest BCUT2D eigenvalue weighted by Crippen LogP contribution is -2.25. The summed E-state index contributed by atoms with van der Waals surface area (Å²) in [6, 6.07) is 1.19. The summed E-state index contributed by atoms with van der Waals surface area (Å²) in [7, 11) is 0. The Bertz CT molecular complexity index is 824. The maximum absolute atomic E-state index is 12.6. The minimum Gasteiger partial charge on any atom is -0.462 e. The van der Waals surface area contributed by atoms with E-state index in [2.05, 4.69) is 10.4 Å². The van der Waals surface area contributed by atoms with Gasteiger partial charge in [0.2, 0.25) is 5.91 Å². The van der Waals surface area contributed by atoms with Crippen LogP contribution < -0.4 is 11.1 Å². The molecule has 25 heavy (non-hydrogen) atoms. The Balaban J connectivity index is 2.36. The molecule has 9 heteroatoms. The molecule has 0 aliphatic rings. The number of nitrogens with two attached hydrogens (primary N) is 1. The third kappa shape index (κ3) is 3.71. The molecule has 134 valence electrons. The Kier molecular flexibility index (Phi) is 5.58. The van der Waals surface area contributed by atoms with Crippen LogP contribution in [0, 0.1) is 13.8 Å². The molecule has 0 aromatic carbocycles. The molecule has 1 atom stereocenters. The highest BCUT2D eigenvalue weighted by molar-refractivity contribution is 7.18. The van der Waals surface area contributed by atoms with Crippen LogP contribution >= 0.6 is 11.3 Å². The van der Waals surface area contributed by atoms with E-state index in [0.717, 1.165) is 17.0 Å². The van der Waals surface area contributed by atoms with E-state index in [1.165, 1.54) is 0 Å². The minimum absolute atomic E-state index is 0.151. The fourth-order valence-electron chi connectivity index (χ4n) is 2.40. The molecule has 1 unspecified atom stereocenters. The van der Waals surface area contributed by atoms with Crippen LogP contribution in [0.25, 0.3) is 0 Å². The summed E-state index contributed by atoms with van der Waals surface area (Å²) >= 11 is 0.959. The number of hydrogen-bond donors (Lipinski definition) is 2. The minimum atomic E-state index is -0.662. The van der Waals surface area contributed by atoms with Crippen molar-refractivity contribution in [2.45, 2.75) is 33.7 Å². The number of aromatic nitrogens is 2. The Morgan fingerprint density at radius 2 is 2.08 bits per heavy atom. The Morgan fingerprint density at radius 3 is 2.60 bits per heavy atom. The number of primary amides is 1. The summed E-state index contributed by atoms with van der Waals surface area (Å²) in [5.41, 5.74) is 6.73. The van der Waals surface area contributed by atoms with Gasteiger partial charge >= 0.3 is 5.97 Å². The maximum atomic E-state index is 12.6. The summed E-state index contributed by atoms with van der Waals surface area (Å²) in [5.74, 6) is -1.64. The molecular weight excluding hydrogens is 344 g/mol. The van der Waals surface area contributed by atoms with Crippen LogP contribution in [0.1, 0.15) is 51.2 Å². The summed E-state index contributed by atoms with van der Waals surface area (Å²) in [6.07, 6.45) is 1.60. The van der Waals surface area contributed by atoms with E-state index >= 15 is 0 Å². The molecule has 0 aliphatic carbocycles. The molecule has 2 amide bonds. The first-order valence-corrected chi connectivity index (χ1v) is 8.50. The van der Waals surface area contributed by atoms with Crippen molar-refractivity contribution < 1.29 is 19.1 Å². The van der Waals surface area contributed by atoms with Crippen LogP contribution in [-0.4, -0.2) is 34.2 Å². The largest absolute Gasteiger partial charge is 0.462 e. The van der Waals surface area contributed by atoms with E-state index in [0.29, 0.717) is 5.56 Å². The van der Waals surface area contributed by atoms with Gasteiger partial charge in [-0.1, -0.05) is 0 Å². The molecule has 0 aliphatic heterocycles. The average Bonchev–Trinajstić information content (AvgIpc) is 3.10. The van der Waals surface area contributed by atoms with Crippen molar-refractivity contribution in [1.82, 2.24) is 9.78 Å². The number of hydrogen-bond acceptors (Lipinski definition) is 6. The van der Waals surface area contributed by atoms with Crippen LogP contribution in [0.5, 0.6) is 0 Å². The fourth-order valence-corrected chi connectivity index (χ4v) is 3.45. The van der Waals surface area contributed by atoms with Crippen molar-refractivity contribution in [3.05, 3.63) is 34.0 Å². The van der Waals surface area contributed by atoms with Crippen LogP contribution in [0.3, 0.4) is 0 Å². The first kappa shape index (κ1) is 18.7. The van der Waals surface area contributed by atoms with Gasteiger partial charge < -0.3 is 15.8 Å². The Morgan fingerprint density at radius 1 is 1.40 bits per heavy atom. The van der Waals surface area contributed by atoms with E-state index in [9.17, 15) is 14.4 Å². The number of aryl methyl sites for hydroxylation is 1. The molecule has 0 fully saturated rings. The van der Waals surface area contributed by atoms with Gasteiger partial charge in [-0.3, -0.25) is 14.3 Å². The SMILES string of the molecule is CCOC(=O)c1c(NC(=O)C(C)n2nccc2C)sc(C(N)=O)c1C. The van der Waals surface area contributed by atoms with Crippen LogP contribution in [0.2, 0.25) is 0 Å². The number of thiophene rings is 1. The second-order valence-electron chi connectivity index (χ2n) is 5.43. The zero-order chi connectivity index (χ0) is 18.7. The van der Waals surface area contributed by atoms with Gasteiger partial charge in [0.05, 0.1) is 17.0 Å². The zero-order valence-corrected chi connectivity index (χ0v) is 15.3. The lowest BCUT2D eigenvalue weighted by Gasteiger charge is -2.14. The van der Waals surface area contributed by atoms with E-state index in [1.807, 2.05) is 6.92 Å². The van der Waals surface area contributed by atoms with E-state index in [1.54, 1.807) is 37.7 Å². The highest BCUT2D eigenvalue weighted by Crippen LogP contribution is 2.34. The third-order valence-electron chi connectivity index (χ3n) is 3.70. The number of carbonyl (C=O) groups is 3. The van der Waals surface area contributed by atoms with Gasteiger partial charge in [-0.2, -0.15) is 5.10 Å². The predicted molar refractivity (Wildman–Crippen MR) is 93.8 cm³/mol. The molecule has 8 nitrogen and oxygen atoms in total. The molecule has 0 radical (unpaired) electrons. The molecule has 2 aromatic rings. The summed E-state index contributed by atoms with van der Waals surface area (Å²) in [5, 5.41) is 7.04. The summed E-state index contributed by atoms with van der Waals surface area (Å²) in [4.78, 5) is 36.6. The highest BCUT2D eigenvalue weighted by atomic mass is 32.1. The van der Waals surface area contributed by atoms with Crippen molar-refractivity contribution in [2.75, 3.05) is 11.9 Å². The molecule has 2 rings (SSSR count). The van der Waals surface area contributed by atoms with E-state index in [-0.39, 0.29) is 28.0 Å². The Hall–Kier alpha value is -2.68. The fraction of sp³-hybridized carbons (Fsp3) is 0.375. The molecule has 2 heterocycles. The van der Waals surface area contributed by atoms with Crippen LogP contribution in [0.4, 0.5) is 5.00 Å². The van der Waals surface area contributed by atoms with Gasteiger partial charge in [0.15, 0.2) is 0 Å². The molecule has 0 spiro atoms. The lowest BCUT2D eigenvalue weighted by molar-refractivity contribution is -0.119. The number of esters is 1. The van der Waals surface area contributed by atoms with Gasteiger partial charge in [0, 0.05) is 11.9 Å². The molecule has 0 saturated carbocycles. The van der Waals surface area contributed by atoms with Crippen molar-refractivity contribution in [3.63, 3.8) is 0 Å². The smallest absolute Gasteiger partial charge is 0.341 e. The van der Waals surface area contributed by atoms with Gasteiger partial charge in [0.1, 0.15) is 11.0 Å². The predicted octanol–water partition coefficient (Wildman–Crippen LogP) is 2.04. The second-order valence-corrected chi connectivity index (χ2v) is 6.45. The number of amides is 2. The first-order valence-electron chi connectivity index (χ1n) is 7.69. The number of nitrogens with zero attached hydrogens (tertiary/aromatic N) is 2. The van der Waals surface area contributed by atoms with E-state index < -0.39 is 17.9 Å². The lowest BCUT2D eigenvalue weighted by atomic mass is 10.1. The van der Waals surface area contributed by atoms with Gasteiger partial charge in [0.25, 0.3) is 5.91 Å². The summed E-state index contributed by atoms with van der Waals surface area (Å²) in [6.45, 7) is 6.97. The van der Waals surface area contributed by atoms with Crippen LogP contribution in [-0.2, 0) is 9.53 Å². The maximum Gasteiger partial charge on any atom is 0.341 e. The quantitative estimate of drug-likeness (QED) is 0.761. The second kappa shape index (κ2) is 7.47. The van der Waals surface area contributed by atoms with Crippen molar-refractivity contribution in [3.8, 4) is 0 Å². The number of rotatable bonds is 6. The van der Waals surface area contributed by atoms with Crippen LogP contribution in [0.15, 0.2) is 12.3 Å². The normalized spacial score (nSPS) is 11.8. The van der Waals surface area contributed by atoms with Gasteiger partial charge in [-0.25, -0.2) is 4.79 Å². The summed E-state index contributed by atoms with van der Waals surface area (Å²) < 4.78 is 6.59. The molecule has 2 aromatic heterocycles.